The summed E-state index contributed by atoms with van der Waals surface area (Å²) in [6.45, 7) is 5.26. The van der Waals surface area contributed by atoms with E-state index in [-0.39, 0.29) is 6.61 Å². The second kappa shape index (κ2) is 4.27. The molecular formula is C12H16F2O. The number of halogens is 2. The Morgan fingerprint density at radius 3 is 2.33 bits per heavy atom. The molecule has 0 saturated carbocycles. The van der Waals surface area contributed by atoms with Gasteiger partial charge in [0.25, 0.3) is 0 Å². The largest absolute Gasteiger partial charge is 0.396 e. The van der Waals surface area contributed by atoms with E-state index in [1.807, 2.05) is 13.8 Å². The van der Waals surface area contributed by atoms with Crippen molar-refractivity contribution in [1.29, 1.82) is 0 Å². The molecule has 84 valence electrons. The van der Waals surface area contributed by atoms with Crippen molar-refractivity contribution < 1.29 is 13.9 Å². The van der Waals surface area contributed by atoms with Gasteiger partial charge >= 0.3 is 0 Å². The Hall–Kier alpha value is -0.960. The fourth-order valence-corrected chi connectivity index (χ4v) is 1.59. The van der Waals surface area contributed by atoms with Gasteiger partial charge in [-0.1, -0.05) is 13.8 Å². The molecule has 1 rings (SSSR count). The van der Waals surface area contributed by atoms with E-state index in [9.17, 15) is 8.78 Å². The molecule has 0 unspecified atom stereocenters. The minimum Gasteiger partial charge on any atom is -0.396 e. The highest BCUT2D eigenvalue weighted by Crippen LogP contribution is 2.30. The van der Waals surface area contributed by atoms with Gasteiger partial charge in [-0.3, -0.25) is 0 Å². The molecular weight excluding hydrogens is 198 g/mol. The zero-order valence-corrected chi connectivity index (χ0v) is 9.27. The zero-order chi connectivity index (χ0) is 11.6. The van der Waals surface area contributed by atoms with E-state index < -0.39 is 17.0 Å². The second-order valence-electron chi connectivity index (χ2n) is 4.44. The third-order valence-electron chi connectivity index (χ3n) is 2.71. The summed E-state index contributed by atoms with van der Waals surface area (Å²) in [6.07, 6.45) is 0.453. The average Bonchev–Trinajstić information content (AvgIpc) is 2.11. The van der Waals surface area contributed by atoms with Crippen LogP contribution >= 0.6 is 0 Å². The molecule has 0 aliphatic rings. The monoisotopic (exact) mass is 214 g/mol. The van der Waals surface area contributed by atoms with E-state index >= 15 is 0 Å². The molecule has 0 saturated heterocycles. The van der Waals surface area contributed by atoms with Crippen LogP contribution in [0.15, 0.2) is 12.1 Å². The Balaban J connectivity index is 3.19. The summed E-state index contributed by atoms with van der Waals surface area (Å²) in [6, 6.07) is 2.42. The van der Waals surface area contributed by atoms with Gasteiger partial charge in [-0.2, -0.15) is 0 Å². The zero-order valence-electron chi connectivity index (χ0n) is 9.27. The van der Waals surface area contributed by atoms with Crippen LogP contribution in [-0.2, 0) is 5.41 Å². The van der Waals surface area contributed by atoms with Crippen LogP contribution in [0.2, 0.25) is 0 Å². The van der Waals surface area contributed by atoms with Crippen molar-refractivity contribution in [1.82, 2.24) is 0 Å². The van der Waals surface area contributed by atoms with Crippen molar-refractivity contribution in [2.24, 2.45) is 0 Å². The van der Waals surface area contributed by atoms with E-state index in [1.54, 1.807) is 6.92 Å². The third kappa shape index (κ3) is 2.53. The van der Waals surface area contributed by atoms with Gasteiger partial charge in [-0.05, 0) is 36.0 Å². The molecule has 1 nitrogen and oxygen atoms in total. The molecule has 0 heterocycles. The lowest BCUT2D eigenvalue weighted by molar-refractivity contribution is 0.250. The first-order valence-electron chi connectivity index (χ1n) is 4.95. The van der Waals surface area contributed by atoms with E-state index in [0.29, 0.717) is 17.5 Å². The van der Waals surface area contributed by atoms with Gasteiger partial charge < -0.3 is 5.11 Å². The Morgan fingerprint density at radius 1 is 1.20 bits per heavy atom. The van der Waals surface area contributed by atoms with Crippen molar-refractivity contribution >= 4 is 0 Å². The molecule has 0 aromatic heterocycles. The molecule has 15 heavy (non-hydrogen) atoms. The van der Waals surface area contributed by atoms with Crippen molar-refractivity contribution in [3.05, 3.63) is 34.9 Å². The van der Waals surface area contributed by atoms with Gasteiger partial charge in [0.2, 0.25) is 0 Å². The smallest absolute Gasteiger partial charge is 0.129 e. The summed E-state index contributed by atoms with van der Waals surface area (Å²) in [7, 11) is 0. The van der Waals surface area contributed by atoms with E-state index in [4.69, 9.17) is 5.11 Å². The number of benzene rings is 1. The minimum atomic E-state index is -0.545. The first-order valence-corrected chi connectivity index (χ1v) is 4.95. The number of rotatable bonds is 3. The molecule has 1 aromatic rings. The van der Waals surface area contributed by atoms with Crippen LogP contribution in [-0.4, -0.2) is 11.7 Å². The predicted molar refractivity (Wildman–Crippen MR) is 55.8 cm³/mol. The van der Waals surface area contributed by atoms with Gasteiger partial charge in [0.1, 0.15) is 11.6 Å². The molecule has 0 aliphatic heterocycles. The summed E-state index contributed by atoms with van der Waals surface area (Å²) in [5, 5.41) is 8.88. The van der Waals surface area contributed by atoms with Crippen LogP contribution in [0.3, 0.4) is 0 Å². The first-order chi connectivity index (χ1) is 6.88. The lowest BCUT2D eigenvalue weighted by Gasteiger charge is -2.25. The van der Waals surface area contributed by atoms with Gasteiger partial charge in [0.15, 0.2) is 0 Å². The van der Waals surface area contributed by atoms with E-state index in [2.05, 4.69) is 0 Å². The molecule has 0 atom stereocenters. The molecule has 0 amide bonds. The predicted octanol–water partition coefficient (Wildman–Crippen LogP) is 2.93. The normalized spacial score (nSPS) is 11.9. The van der Waals surface area contributed by atoms with Crippen LogP contribution in [0.1, 0.15) is 31.4 Å². The topological polar surface area (TPSA) is 20.2 Å². The Kier molecular flexibility index (Phi) is 3.45. The molecule has 0 spiro atoms. The Labute approximate surface area is 88.7 Å². The highest BCUT2D eigenvalue weighted by molar-refractivity contribution is 5.31. The molecule has 0 fully saturated rings. The molecule has 0 aliphatic carbocycles. The number of hydrogen-bond donors (Lipinski definition) is 1. The van der Waals surface area contributed by atoms with Crippen molar-refractivity contribution in [3.63, 3.8) is 0 Å². The van der Waals surface area contributed by atoms with Gasteiger partial charge in [0.05, 0.1) is 0 Å². The highest BCUT2D eigenvalue weighted by atomic mass is 19.1. The van der Waals surface area contributed by atoms with E-state index in [1.165, 1.54) is 6.07 Å². The van der Waals surface area contributed by atoms with Crippen LogP contribution in [0, 0.1) is 18.6 Å². The summed E-state index contributed by atoms with van der Waals surface area (Å²) < 4.78 is 26.6. The number of aliphatic hydroxyl groups is 1. The molecule has 0 bridgehead atoms. The third-order valence-corrected chi connectivity index (χ3v) is 2.71. The number of hydrogen-bond acceptors (Lipinski definition) is 1. The van der Waals surface area contributed by atoms with Crippen molar-refractivity contribution in [2.45, 2.75) is 32.6 Å². The number of aliphatic hydroxyl groups excluding tert-OH is 1. The fraction of sp³-hybridized carbons (Fsp3) is 0.500. The Morgan fingerprint density at radius 2 is 1.80 bits per heavy atom. The summed E-state index contributed by atoms with van der Waals surface area (Å²) in [4.78, 5) is 0. The highest BCUT2D eigenvalue weighted by Gasteiger charge is 2.24. The molecule has 1 aromatic carbocycles. The lowest BCUT2D eigenvalue weighted by atomic mass is 9.81. The standard InChI is InChI=1S/C12H16F2O/c1-8-6-9(11(14)7-10(8)13)12(2,3)4-5-15/h6-7,15H,4-5H2,1-3H3. The van der Waals surface area contributed by atoms with Gasteiger partial charge in [0, 0.05) is 12.7 Å². The van der Waals surface area contributed by atoms with E-state index in [0.717, 1.165) is 6.07 Å². The van der Waals surface area contributed by atoms with Crippen LogP contribution in [0.5, 0.6) is 0 Å². The van der Waals surface area contributed by atoms with Crippen LogP contribution in [0.4, 0.5) is 8.78 Å². The lowest BCUT2D eigenvalue weighted by Crippen LogP contribution is -2.21. The molecule has 3 heteroatoms. The second-order valence-corrected chi connectivity index (χ2v) is 4.44. The Bertz CT molecular complexity index is 359. The maximum atomic E-state index is 13.5. The number of aryl methyl sites for hydroxylation is 1. The van der Waals surface area contributed by atoms with Crippen molar-refractivity contribution in [3.8, 4) is 0 Å². The maximum absolute atomic E-state index is 13.5. The molecule has 1 N–H and O–H groups in total. The van der Waals surface area contributed by atoms with Crippen molar-refractivity contribution in [2.75, 3.05) is 6.61 Å². The first kappa shape index (κ1) is 12.1. The maximum Gasteiger partial charge on any atom is 0.129 e. The van der Waals surface area contributed by atoms with Gasteiger partial charge in [-0.15, -0.1) is 0 Å². The quantitative estimate of drug-likeness (QED) is 0.820. The van der Waals surface area contributed by atoms with Gasteiger partial charge in [-0.25, -0.2) is 8.78 Å². The fourth-order valence-electron chi connectivity index (χ4n) is 1.59. The summed E-state index contributed by atoms with van der Waals surface area (Å²) >= 11 is 0. The molecule has 0 radical (unpaired) electrons. The minimum absolute atomic E-state index is 0.0110. The summed E-state index contributed by atoms with van der Waals surface area (Å²) in [5.74, 6) is -1.08. The van der Waals surface area contributed by atoms with Crippen LogP contribution in [0.25, 0.3) is 0 Å². The summed E-state index contributed by atoms with van der Waals surface area (Å²) in [5.41, 5.74) is 0.407. The van der Waals surface area contributed by atoms with Crippen LogP contribution < -0.4 is 0 Å². The average molecular weight is 214 g/mol. The SMILES string of the molecule is Cc1cc(C(C)(C)CCO)c(F)cc1F.